The molecule has 41 heavy (non-hydrogen) atoms. The lowest BCUT2D eigenvalue weighted by atomic mass is 9.95. The third-order valence-corrected chi connectivity index (χ3v) is 7.74. The topological polar surface area (TPSA) is 93.7 Å². The van der Waals surface area contributed by atoms with Crippen molar-refractivity contribution in [2.45, 2.75) is 103 Å². The van der Waals surface area contributed by atoms with E-state index in [0.29, 0.717) is 13.0 Å². The Hall–Kier alpha value is -3.23. The highest BCUT2D eigenvalue weighted by molar-refractivity contribution is 5.93. The van der Waals surface area contributed by atoms with Gasteiger partial charge in [-0.25, -0.2) is 9.18 Å². The van der Waals surface area contributed by atoms with E-state index in [0.717, 1.165) is 54.7 Å². The molecule has 2 aromatic rings. The fourth-order valence-electron chi connectivity index (χ4n) is 5.39. The summed E-state index contributed by atoms with van der Waals surface area (Å²) in [6, 6.07) is 9.77. The van der Waals surface area contributed by atoms with Crippen LogP contribution in [0.25, 0.3) is 11.1 Å². The van der Waals surface area contributed by atoms with Gasteiger partial charge in [-0.3, -0.25) is 4.79 Å². The number of nitrogens with one attached hydrogen (secondary N) is 1. The Morgan fingerprint density at radius 3 is 2.46 bits per heavy atom. The first kappa shape index (κ1) is 30.7. The lowest BCUT2D eigenvalue weighted by Crippen LogP contribution is -2.49. The molecule has 224 valence electrons. The number of unbranched alkanes of at least 4 members (excludes halogenated alkanes) is 1. The summed E-state index contributed by atoms with van der Waals surface area (Å²) in [6.45, 7) is 7.97. The molecule has 2 atom stereocenters. The average molecular weight is 569 g/mol. The van der Waals surface area contributed by atoms with Crippen molar-refractivity contribution >= 4 is 12.0 Å². The van der Waals surface area contributed by atoms with Crippen LogP contribution in [0, 0.1) is 5.92 Å². The molecule has 2 amide bonds. The van der Waals surface area contributed by atoms with Crippen LogP contribution in [0.5, 0.6) is 5.75 Å². The lowest BCUT2D eigenvalue weighted by molar-refractivity contribution is 0.00548. The number of halogens is 1. The number of carbonyl (C=O) groups is 2. The van der Waals surface area contributed by atoms with Crippen molar-refractivity contribution in [2.24, 2.45) is 5.92 Å². The van der Waals surface area contributed by atoms with Crippen LogP contribution >= 0.6 is 0 Å². The van der Waals surface area contributed by atoms with Gasteiger partial charge >= 0.3 is 6.09 Å². The number of amides is 2. The van der Waals surface area contributed by atoms with Gasteiger partial charge in [0.2, 0.25) is 0 Å². The fraction of sp³-hybridized carbons (Fsp3) is 0.625. The Morgan fingerprint density at radius 1 is 1.07 bits per heavy atom. The SMILES string of the molecule is CCCCc1nnc(C(=O)NC[C@H]2CCN(C(=O)OC(C)(C)C)C[C@H]2F)cc1-c1ccc(OC2CCCCC2)cc1. The highest BCUT2D eigenvalue weighted by atomic mass is 19.1. The van der Waals surface area contributed by atoms with Crippen molar-refractivity contribution in [1.82, 2.24) is 20.4 Å². The maximum Gasteiger partial charge on any atom is 0.410 e. The molecule has 8 nitrogen and oxygen atoms in total. The minimum Gasteiger partial charge on any atom is -0.490 e. The smallest absolute Gasteiger partial charge is 0.410 e. The second-order valence-electron chi connectivity index (χ2n) is 12.3. The highest BCUT2D eigenvalue weighted by Crippen LogP contribution is 2.29. The van der Waals surface area contributed by atoms with Crippen molar-refractivity contribution in [3.63, 3.8) is 0 Å². The fourth-order valence-corrected chi connectivity index (χ4v) is 5.39. The van der Waals surface area contributed by atoms with Crippen molar-refractivity contribution in [2.75, 3.05) is 19.6 Å². The number of ether oxygens (including phenoxy) is 2. The minimum absolute atomic E-state index is 0.0496. The lowest BCUT2D eigenvalue weighted by Gasteiger charge is -2.35. The van der Waals surface area contributed by atoms with Gasteiger partial charge in [0.15, 0.2) is 5.69 Å². The quantitative estimate of drug-likeness (QED) is 0.370. The van der Waals surface area contributed by atoms with Gasteiger partial charge < -0.3 is 19.7 Å². The van der Waals surface area contributed by atoms with Crippen LogP contribution in [0.1, 0.15) is 95.2 Å². The molecular weight excluding hydrogens is 523 g/mol. The molecule has 1 saturated carbocycles. The van der Waals surface area contributed by atoms with E-state index in [4.69, 9.17) is 9.47 Å². The Labute approximate surface area is 243 Å². The number of alkyl halides is 1. The van der Waals surface area contributed by atoms with E-state index in [1.807, 2.05) is 24.3 Å². The number of benzene rings is 1. The van der Waals surface area contributed by atoms with Gasteiger partial charge in [-0.1, -0.05) is 31.9 Å². The Morgan fingerprint density at radius 2 is 1.80 bits per heavy atom. The number of hydrogen-bond acceptors (Lipinski definition) is 6. The molecule has 0 bridgehead atoms. The number of aromatic nitrogens is 2. The van der Waals surface area contributed by atoms with Gasteiger partial charge in [-0.2, -0.15) is 5.10 Å². The summed E-state index contributed by atoms with van der Waals surface area (Å²) in [4.78, 5) is 26.8. The largest absolute Gasteiger partial charge is 0.490 e. The third-order valence-electron chi connectivity index (χ3n) is 7.74. The third kappa shape index (κ3) is 8.88. The van der Waals surface area contributed by atoms with Gasteiger partial charge in [0.25, 0.3) is 5.91 Å². The summed E-state index contributed by atoms with van der Waals surface area (Å²) in [7, 11) is 0. The van der Waals surface area contributed by atoms with Crippen LogP contribution < -0.4 is 10.1 Å². The Bertz CT molecular complexity index is 1160. The van der Waals surface area contributed by atoms with E-state index in [1.165, 1.54) is 24.2 Å². The first-order chi connectivity index (χ1) is 19.6. The summed E-state index contributed by atoms with van der Waals surface area (Å²) in [5.74, 6) is 0.0691. The molecule has 0 spiro atoms. The number of nitrogens with zero attached hydrogens (tertiary/aromatic N) is 3. The number of likely N-dealkylation sites (tertiary alicyclic amines) is 1. The monoisotopic (exact) mass is 568 g/mol. The molecule has 1 aliphatic carbocycles. The van der Waals surface area contributed by atoms with Gasteiger partial charge in [0.1, 0.15) is 17.5 Å². The molecule has 1 aliphatic heterocycles. The molecule has 1 N–H and O–H groups in total. The predicted molar refractivity (Wildman–Crippen MR) is 157 cm³/mol. The molecule has 1 aromatic carbocycles. The number of hydrogen-bond donors (Lipinski definition) is 1. The first-order valence-corrected chi connectivity index (χ1v) is 15.2. The van der Waals surface area contributed by atoms with E-state index in [2.05, 4.69) is 22.4 Å². The summed E-state index contributed by atoms with van der Waals surface area (Å²) >= 11 is 0. The molecule has 1 saturated heterocycles. The van der Waals surface area contributed by atoms with Crippen LogP contribution in [0.4, 0.5) is 9.18 Å². The van der Waals surface area contributed by atoms with Gasteiger partial charge in [0, 0.05) is 24.6 Å². The van der Waals surface area contributed by atoms with E-state index < -0.39 is 23.8 Å². The van der Waals surface area contributed by atoms with E-state index in [1.54, 1.807) is 26.8 Å². The summed E-state index contributed by atoms with van der Waals surface area (Å²) < 4.78 is 26.5. The molecule has 0 unspecified atom stereocenters. The molecule has 2 aliphatic rings. The van der Waals surface area contributed by atoms with Crippen molar-refractivity contribution in [3.8, 4) is 16.9 Å². The predicted octanol–water partition coefficient (Wildman–Crippen LogP) is 6.52. The second-order valence-corrected chi connectivity index (χ2v) is 12.3. The van der Waals surface area contributed by atoms with E-state index in [-0.39, 0.29) is 30.8 Å². The Balaban J connectivity index is 1.39. The number of carbonyl (C=O) groups excluding carboxylic acids is 2. The molecule has 2 fully saturated rings. The average Bonchev–Trinajstić information content (AvgIpc) is 2.95. The maximum absolute atomic E-state index is 14.9. The van der Waals surface area contributed by atoms with Crippen LogP contribution in [-0.2, 0) is 11.2 Å². The molecule has 9 heteroatoms. The maximum atomic E-state index is 14.9. The molecule has 1 aromatic heterocycles. The number of rotatable bonds is 9. The molecular formula is C32H45FN4O4. The zero-order valence-corrected chi connectivity index (χ0v) is 25.0. The molecule has 4 rings (SSSR count). The zero-order valence-electron chi connectivity index (χ0n) is 25.0. The first-order valence-electron chi connectivity index (χ1n) is 15.2. The van der Waals surface area contributed by atoms with Gasteiger partial charge in [-0.15, -0.1) is 5.10 Å². The highest BCUT2D eigenvalue weighted by Gasteiger charge is 2.34. The summed E-state index contributed by atoms with van der Waals surface area (Å²) in [6.07, 6.45) is 7.61. The molecule has 2 heterocycles. The minimum atomic E-state index is -1.26. The Kier molecular flexibility index (Phi) is 10.6. The van der Waals surface area contributed by atoms with Crippen LogP contribution in [0.2, 0.25) is 0 Å². The van der Waals surface area contributed by atoms with Crippen molar-refractivity contribution in [3.05, 3.63) is 41.7 Å². The van der Waals surface area contributed by atoms with Crippen LogP contribution in [-0.4, -0.2) is 64.6 Å². The van der Waals surface area contributed by atoms with Crippen LogP contribution in [0.3, 0.4) is 0 Å². The van der Waals surface area contributed by atoms with Gasteiger partial charge in [0.05, 0.1) is 18.3 Å². The van der Waals surface area contributed by atoms with Gasteiger partial charge in [-0.05, 0) is 89.5 Å². The standard InChI is InChI=1S/C32H45FN4O4/c1-5-6-12-28-26(22-13-15-25(16-14-22)40-24-10-8-7-9-11-24)19-29(36-35-28)30(38)34-20-23-17-18-37(21-27(23)33)31(39)41-32(2,3)4/h13-16,19,23-24,27H,5-12,17-18,20-21H2,1-4H3,(H,34,38)/t23-,27-/m1/s1. The van der Waals surface area contributed by atoms with E-state index >= 15 is 0 Å². The molecule has 0 radical (unpaired) electrons. The van der Waals surface area contributed by atoms with Crippen molar-refractivity contribution in [1.29, 1.82) is 0 Å². The van der Waals surface area contributed by atoms with Crippen LogP contribution in [0.15, 0.2) is 30.3 Å². The van der Waals surface area contributed by atoms with E-state index in [9.17, 15) is 14.0 Å². The normalized spacial score (nSPS) is 20.0. The van der Waals surface area contributed by atoms with Crippen molar-refractivity contribution < 1.29 is 23.5 Å². The summed E-state index contributed by atoms with van der Waals surface area (Å²) in [5, 5.41) is 11.5. The second kappa shape index (κ2) is 14.1. The zero-order chi connectivity index (χ0) is 29.4. The number of piperidine rings is 1. The summed E-state index contributed by atoms with van der Waals surface area (Å²) in [5.41, 5.74) is 2.24. The number of aryl methyl sites for hydroxylation is 1.